The predicted octanol–water partition coefficient (Wildman–Crippen LogP) is 4.53. The number of esters is 1. The minimum absolute atomic E-state index is 0.398. The SMILES string of the molecule is COC(=O)c1cccc(Oc2ccccc2-c2ccco2)c1. The normalized spacial score (nSPS) is 10.2. The Morgan fingerprint density at radius 3 is 2.64 bits per heavy atom. The highest BCUT2D eigenvalue weighted by molar-refractivity contribution is 5.89. The van der Waals surface area contributed by atoms with Crippen LogP contribution in [0.3, 0.4) is 0 Å². The van der Waals surface area contributed by atoms with Gasteiger partial charge in [-0.15, -0.1) is 0 Å². The summed E-state index contributed by atoms with van der Waals surface area (Å²) >= 11 is 0. The van der Waals surface area contributed by atoms with Crippen LogP contribution < -0.4 is 4.74 Å². The number of methoxy groups -OCH3 is 1. The molecule has 0 atom stereocenters. The van der Waals surface area contributed by atoms with Crippen LogP contribution in [0.5, 0.6) is 11.5 Å². The van der Waals surface area contributed by atoms with E-state index in [4.69, 9.17) is 13.9 Å². The third kappa shape index (κ3) is 2.86. The van der Waals surface area contributed by atoms with Crippen LogP contribution in [-0.4, -0.2) is 13.1 Å². The van der Waals surface area contributed by atoms with E-state index >= 15 is 0 Å². The smallest absolute Gasteiger partial charge is 0.337 e. The van der Waals surface area contributed by atoms with Crippen molar-refractivity contribution in [2.75, 3.05) is 7.11 Å². The Kier molecular flexibility index (Phi) is 3.92. The summed E-state index contributed by atoms with van der Waals surface area (Å²) in [6, 6.07) is 18.1. The third-order valence-electron chi connectivity index (χ3n) is 3.16. The molecule has 4 nitrogen and oxygen atoms in total. The maximum Gasteiger partial charge on any atom is 0.337 e. The number of benzene rings is 2. The molecule has 4 heteroatoms. The molecule has 0 spiro atoms. The summed E-state index contributed by atoms with van der Waals surface area (Å²) < 4.78 is 16.0. The molecule has 0 aliphatic carbocycles. The van der Waals surface area contributed by atoms with Gasteiger partial charge in [-0.2, -0.15) is 0 Å². The van der Waals surface area contributed by atoms with Crippen molar-refractivity contribution in [3.63, 3.8) is 0 Å². The highest BCUT2D eigenvalue weighted by atomic mass is 16.5. The van der Waals surface area contributed by atoms with Crippen molar-refractivity contribution in [2.24, 2.45) is 0 Å². The van der Waals surface area contributed by atoms with Gasteiger partial charge in [-0.1, -0.05) is 18.2 Å². The number of rotatable bonds is 4. The van der Waals surface area contributed by atoms with E-state index in [0.29, 0.717) is 17.1 Å². The molecule has 22 heavy (non-hydrogen) atoms. The zero-order chi connectivity index (χ0) is 15.4. The molecule has 110 valence electrons. The van der Waals surface area contributed by atoms with Crippen LogP contribution >= 0.6 is 0 Å². The van der Waals surface area contributed by atoms with E-state index in [1.165, 1.54) is 7.11 Å². The molecule has 0 radical (unpaired) electrons. The van der Waals surface area contributed by atoms with E-state index in [2.05, 4.69) is 0 Å². The Hall–Kier alpha value is -3.01. The van der Waals surface area contributed by atoms with Gasteiger partial charge in [0, 0.05) is 0 Å². The molecule has 0 aliphatic heterocycles. The molecule has 0 aliphatic rings. The van der Waals surface area contributed by atoms with Crippen LogP contribution in [0.1, 0.15) is 10.4 Å². The molecule has 1 aromatic heterocycles. The molecule has 0 fully saturated rings. The maximum atomic E-state index is 11.6. The Balaban J connectivity index is 1.93. The van der Waals surface area contributed by atoms with Crippen molar-refractivity contribution in [3.05, 3.63) is 72.5 Å². The lowest BCUT2D eigenvalue weighted by molar-refractivity contribution is 0.0600. The lowest BCUT2D eigenvalue weighted by Crippen LogP contribution is -2.00. The van der Waals surface area contributed by atoms with Gasteiger partial charge in [0.15, 0.2) is 0 Å². The average molecular weight is 294 g/mol. The number of para-hydroxylation sites is 1. The van der Waals surface area contributed by atoms with Crippen molar-refractivity contribution < 1.29 is 18.7 Å². The summed E-state index contributed by atoms with van der Waals surface area (Å²) in [5, 5.41) is 0. The molecule has 2 aromatic carbocycles. The first-order valence-electron chi connectivity index (χ1n) is 6.77. The quantitative estimate of drug-likeness (QED) is 0.663. The van der Waals surface area contributed by atoms with Crippen molar-refractivity contribution in [1.29, 1.82) is 0 Å². The van der Waals surface area contributed by atoms with Crippen molar-refractivity contribution in [3.8, 4) is 22.8 Å². The summed E-state index contributed by atoms with van der Waals surface area (Å²) in [4.78, 5) is 11.6. The number of ether oxygens (including phenoxy) is 2. The molecule has 0 bridgehead atoms. The van der Waals surface area contributed by atoms with Gasteiger partial charge >= 0.3 is 5.97 Å². The van der Waals surface area contributed by atoms with Gasteiger partial charge in [-0.3, -0.25) is 0 Å². The van der Waals surface area contributed by atoms with Crippen LogP contribution in [-0.2, 0) is 4.74 Å². The van der Waals surface area contributed by atoms with E-state index < -0.39 is 5.97 Å². The topological polar surface area (TPSA) is 48.7 Å². The minimum Gasteiger partial charge on any atom is -0.465 e. The van der Waals surface area contributed by atoms with E-state index in [1.807, 2.05) is 36.4 Å². The molecule has 3 rings (SSSR count). The first kappa shape index (κ1) is 13.9. The molecular weight excluding hydrogens is 280 g/mol. The summed E-state index contributed by atoms with van der Waals surface area (Å²) in [7, 11) is 1.35. The Morgan fingerprint density at radius 2 is 1.86 bits per heavy atom. The highest BCUT2D eigenvalue weighted by Crippen LogP contribution is 2.33. The highest BCUT2D eigenvalue weighted by Gasteiger charge is 2.11. The standard InChI is InChI=1S/C18H14O4/c1-20-18(19)13-6-4-7-14(12-13)22-17-9-3-2-8-15(17)16-10-5-11-21-16/h2-12H,1H3. The Morgan fingerprint density at radius 1 is 1.00 bits per heavy atom. The largest absolute Gasteiger partial charge is 0.465 e. The molecule has 0 saturated carbocycles. The fraction of sp³-hybridized carbons (Fsp3) is 0.0556. The zero-order valence-electron chi connectivity index (χ0n) is 12.0. The van der Waals surface area contributed by atoms with Gasteiger partial charge in [-0.25, -0.2) is 4.79 Å². The van der Waals surface area contributed by atoms with E-state index in [1.54, 1.807) is 30.5 Å². The average Bonchev–Trinajstić information content (AvgIpc) is 3.09. The van der Waals surface area contributed by atoms with Gasteiger partial charge in [-0.05, 0) is 42.5 Å². The van der Waals surface area contributed by atoms with Crippen molar-refractivity contribution in [2.45, 2.75) is 0 Å². The van der Waals surface area contributed by atoms with Gasteiger partial charge < -0.3 is 13.9 Å². The number of hydrogen-bond acceptors (Lipinski definition) is 4. The van der Waals surface area contributed by atoms with Gasteiger partial charge in [0.25, 0.3) is 0 Å². The summed E-state index contributed by atoms with van der Waals surface area (Å²) in [5.41, 5.74) is 1.28. The second-order valence-corrected chi connectivity index (χ2v) is 4.59. The lowest BCUT2D eigenvalue weighted by Gasteiger charge is -2.10. The van der Waals surface area contributed by atoms with Crippen molar-refractivity contribution >= 4 is 5.97 Å². The molecule has 0 saturated heterocycles. The van der Waals surface area contributed by atoms with Crippen LogP contribution in [0.15, 0.2) is 71.3 Å². The van der Waals surface area contributed by atoms with E-state index in [-0.39, 0.29) is 0 Å². The molecule has 3 aromatic rings. The fourth-order valence-electron chi connectivity index (χ4n) is 2.12. The van der Waals surface area contributed by atoms with Crippen LogP contribution in [0, 0.1) is 0 Å². The molecule has 0 amide bonds. The molecular formula is C18H14O4. The second kappa shape index (κ2) is 6.18. The minimum atomic E-state index is -0.398. The monoisotopic (exact) mass is 294 g/mol. The number of carbonyl (C=O) groups excluding carboxylic acids is 1. The number of hydrogen-bond donors (Lipinski definition) is 0. The number of carbonyl (C=O) groups is 1. The van der Waals surface area contributed by atoms with Gasteiger partial charge in [0.1, 0.15) is 17.3 Å². The predicted molar refractivity (Wildman–Crippen MR) is 82.0 cm³/mol. The van der Waals surface area contributed by atoms with Crippen LogP contribution in [0.2, 0.25) is 0 Å². The van der Waals surface area contributed by atoms with Gasteiger partial charge in [0.2, 0.25) is 0 Å². The number of furan rings is 1. The first-order valence-corrected chi connectivity index (χ1v) is 6.77. The van der Waals surface area contributed by atoms with Crippen molar-refractivity contribution in [1.82, 2.24) is 0 Å². The van der Waals surface area contributed by atoms with Crippen LogP contribution in [0.25, 0.3) is 11.3 Å². The fourth-order valence-corrected chi connectivity index (χ4v) is 2.12. The van der Waals surface area contributed by atoms with Gasteiger partial charge in [0.05, 0.1) is 24.5 Å². The lowest BCUT2D eigenvalue weighted by atomic mass is 10.1. The maximum absolute atomic E-state index is 11.6. The zero-order valence-corrected chi connectivity index (χ0v) is 12.0. The summed E-state index contributed by atoms with van der Waals surface area (Å²) in [6.07, 6.45) is 1.62. The van der Waals surface area contributed by atoms with E-state index in [9.17, 15) is 4.79 Å². The Labute approximate surface area is 127 Å². The first-order chi connectivity index (χ1) is 10.8. The molecule has 1 heterocycles. The van der Waals surface area contributed by atoms with E-state index in [0.717, 1.165) is 11.3 Å². The third-order valence-corrected chi connectivity index (χ3v) is 3.16. The molecule has 0 unspecified atom stereocenters. The Bertz CT molecular complexity index is 775. The molecule has 0 N–H and O–H groups in total. The second-order valence-electron chi connectivity index (χ2n) is 4.59. The summed E-state index contributed by atoms with van der Waals surface area (Å²) in [6.45, 7) is 0. The summed E-state index contributed by atoms with van der Waals surface area (Å²) in [5.74, 6) is 1.53. The van der Waals surface area contributed by atoms with Crippen LogP contribution in [0.4, 0.5) is 0 Å².